The normalized spacial score (nSPS) is 32.3. The van der Waals surface area contributed by atoms with E-state index in [0.29, 0.717) is 0 Å². The molecule has 1 saturated carbocycles. The molecule has 0 heterocycles. The monoisotopic (exact) mass is 690 g/mol. The van der Waals surface area contributed by atoms with Gasteiger partial charge in [0.1, 0.15) is 6.10 Å². The third-order valence-corrected chi connectivity index (χ3v) is 8.51. The Kier molecular flexibility index (Phi) is 12.7. The molecule has 49 heavy (non-hydrogen) atoms. The summed E-state index contributed by atoms with van der Waals surface area (Å²) in [6, 6.07) is 0. The van der Waals surface area contributed by atoms with Gasteiger partial charge in [-0.3, -0.25) is 33.6 Å². The van der Waals surface area contributed by atoms with E-state index in [0.717, 1.165) is 34.6 Å². The fourth-order valence-electron chi connectivity index (χ4n) is 6.35. The molecule has 0 bridgehead atoms. The van der Waals surface area contributed by atoms with Crippen LogP contribution in [-0.4, -0.2) is 83.0 Å². The van der Waals surface area contributed by atoms with Gasteiger partial charge in [-0.15, -0.1) is 0 Å². The van der Waals surface area contributed by atoms with Crippen molar-refractivity contribution >= 4 is 47.4 Å². The van der Waals surface area contributed by atoms with Crippen LogP contribution in [0.5, 0.6) is 0 Å². The molecule has 0 aromatic rings. The van der Waals surface area contributed by atoms with Gasteiger partial charge in [0.25, 0.3) is 0 Å². The molecule has 14 heteroatoms. The summed E-state index contributed by atoms with van der Waals surface area (Å²) in [7, 11) is 0. The number of carbonyl (C=O) groups excluding carboxylic acids is 8. The fourth-order valence-corrected chi connectivity index (χ4v) is 6.35. The van der Waals surface area contributed by atoms with Gasteiger partial charge in [-0.1, -0.05) is 31.7 Å². The van der Waals surface area contributed by atoms with Gasteiger partial charge >= 0.3 is 35.8 Å². The quantitative estimate of drug-likeness (QED) is 0.164. The first-order valence-electron chi connectivity index (χ1n) is 15.7. The topological polar surface area (TPSA) is 192 Å². The van der Waals surface area contributed by atoms with Gasteiger partial charge in [0.05, 0.1) is 5.92 Å². The lowest BCUT2D eigenvalue weighted by Gasteiger charge is -2.42. The molecule has 0 radical (unpaired) electrons. The Labute approximate surface area is 285 Å². The van der Waals surface area contributed by atoms with Gasteiger partial charge in [-0.05, 0) is 34.6 Å². The summed E-state index contributed by atoms with van der Waals surface area (Å²) in [5, 5.41) is 0. The van der Waals surface area contributed by atoms with Crippen LogP contribution in [0.25, 0.3) is 0 Å². The molecule has 0 amide bonds. The minimum Gasteiger partial charge on any atom is -0.458 e. The molecule has 1 fully saturated rings. The molecule has 2 aliphatic carbocycles. The van der Waals surface area contributed by atoms with E-state index in [1.165, 1.54) is 52.8 Å². The summed E-state index contributed by atoms with van der Waals surface area (Å²) in [4.78, 5) is 106. The number of esters is 6. The van der Waals surface area contributed by atoms with Crippen molar-refractivity contribution in [3.63, 3.8) is 0 Å². The smallest absolute Gasteiger partial charge is 0.334 e. The van der Waals surface area contributed by atoms with Crippen LogP contribution in [-0.2, 0) is 66.8 Å². The number of carbonyl (C=O) groups is 8. The van der Waals surface area contributed by atoms with E-state index in [2.05, 4.69) is 6.58 Å². The maximum absolute atomic E-state index is 14.7. The van der Waals surface area contributed by atoms with Crippen LogP contribution in [0.3, 0.4) is 0 Å². The Hall–Kier alpha value is -4.62. The summed E-state index contributed by atoms with van der Waals surface area (Å²) in [6.07, 6.45) is -3.71. The SMILES string of the molecule is C=C1[C@H](OC(C)=O)[C@H]2[C@@H](OC(C)=O)[C@](C)(OC(C)=O)C[C@]2(OC(C)=O)C(=O)[C@H](C)/C=C/C(C)(C)C(=O)[C@H](OC(=O)/C(C)=C/C)[C@H]1OC(C)=O. The standard InChI is InChI=1S/C35H46O14/c1-13-17(2)32(43)47-28-27(45-21(6)37)19(4)26(44-20(5)36)25-31(46-22(7)38)34(12,48-23(8)39)16-35(25,49-24(9)40)29(41)18(3)14-15-33(10,11)30(28)42/h13-15,18,25-28,31H,4,16H2,1-3,5-12H3/b15-14+,17-13+/t18-,25+,26+,27+,28-,31-,34-,35-/m1/s1. The largest absolute Gasteiger partial charge is 0.458 e. The van der Waals surface area contributed by atoms with Crippen LogP contribution in [0.15, 0.2) is 36.0 Å². The molecule has 0 aliphatic heterocycles. The number of ketones is 2. The first kappa shape index (κ1) is 40.6. The number of hydrogen-bond acceptors (Lipinski definition) is 14. The van der Waals surface area contributed by atoms with Crippen molar-refractivity contribution in [3.8, 4) is 0 Å². The van der Waals surface area contributed by atoms with E-state index in [9.17, 15) is 38.4 Å². The number of ether oxygens (including phenoxy) is 6. The fraction of sp³-hybridized carbons (Fsp3) is 0.600. The Morgan fingerprint density at radius 2 is 1.24 bits per heavy atom. The highest BCUT2D eigenvalue weighted by Gasteiger charge is 2.72. The van der Waals surface area contributed by atoms with Crippen LogP contribution in [0.2, 0.25) is 0 Å². The van der Waals surface area contributed by atoms with E-state index < -0.39 is 112 Å². The number of hydrogen-bond donors (Lipinski definition) is 0. The van der Waals surface area contributed by atoms with E-state index in [-0.39, 0.29) is 5.57 Å². The number of fused-ring (bicyclic) bond motifs is 1. The molecule has 14 nitrogen and oxygen atoms in total. The molecule has 0 aromatic heterocycles. The summed E-state index contributed by atoms with van der Waals surface area (Å²) in [6.45, 7) is 17.9. The lowest BCUT2D eigenvalue weighted by molar-refractivity contribution is -0.191. The highest BCUT2D eigenvalue weighted by molar-refractivity contribution is 5.97. The zero-order chi connectivity index (χ0) is 37.8. The second kappa shape index (κ2) is 15.3. The predicted molar refractivity (Wildman–Crippen MR) is 170 cm³/mol. The second-order valence-corrected chi connectivity index (χ2v) is 13.2. The van der Waals surface area contributed by atoms with Crippen molar-refractivity contribution in [2.75, 3.05) is 0 Å². The molecule has 8 atom stereocenters. The Morgan fingerprint density at radius 1 is 0.735 bits per heavy atom. The number of rotatable bonds is 7. The average molecular weight is 691 g/mol. The molecule has 2 rings (SSSR count). The molecular weight excluding hydrogens is 644 g/mol. The molecule has 0 N–H and O–H groups in total. The van der Waals surface area contributed by atoms with Crippen molar-refractivity contribution in [2.24, 2.45) is 17.3 Å². The summed E-state index contributed by atoms with van der Waals surface area (Å²) < 4.78 is 34.3. The van der Waals surface area contributed by atoms with Crippen LogP contribution in [0.4, 0.5) is 0 Å². The number of allylic oxidation sites excluding steroid dienone is 3. The Morgan fingerprint density at radius 3 is 1.71 bits per heavy atom. The van der Waals surface area contributed by atoms with Crippen molar-refractivity contribution < 1.29 is 66.8 Å². The molecule has 0 saturated heterocycles. The predicted octanol–water partition coefficient (Wildman–Crippen LogP) is 3.23. The molecule has 0 unspecified atom stereocenters. The first-order chi connectivity index (χ1) is 22.4. The molecule has 0 spiro atoms. The maximum atomic E-state index is 14.7. The first-order valence-corrected chi connectivity index (χ1v) is 15.7. The molecular formula is C35H46O14. The van der Waals surface area contributed by atoms with Crippen molar-refractivity contribution in [2.45, 2.75) is 118 Å². The highest BCUT2D eigenvalue weighted by Crippen LogP contribution is 2.54. The van der Waals surface area contributed by atoms with Gasteiger partial charge in [-0.25, -0.2) is 4.79 Å². The third-order valence-electron chi connectivity index (χ3n) is 8.51. The van der Waals surface area contributed by atoms with Gasteiger partial charge in [-0.2, -0.15) is 0 Å². The zero-order valence-corrected chi connectivity index (χ0v) is 29.8. The van der Waals surface area contributed by atoms with Gasteiger partial charge in [0.15, 0.2) is 35.0 Å². The Bertz CT molecular complexity index is 1480. The summed E-state index contributed by atoms with van der Waals surface area (Å²) in [5.74, 6) is -10.1. The third kappa shape index (κ3) is 8.90. The van der Waals surface area contributed by atoms with Crippen LogP contribution >= 0.6 is 0 Å². The average Bonchev–Trinajstić information content (AvgIpc) is 3.19. The zero-order valence-electron chi connectivity index (χ0n) is 29.8. The minimum atomic E-state index is -2.36. The highest BCUT2D eigenvalue weighted by atomic mass is 16.6. The van der Waals surface area contributed by atoms with Gasteiger partial charge in [0.2, 0.25) is 6.10 Å². The van der Waals surface area contributed by atoms with Crippen LogP contribution in [0.1, 0.15) is 82.6 Å². The van der Waals surface area contributed by atoms with Crippen molar-refractivity contribution in [1.82, 2.24) is 0 Å². The van der Waals surface area contributed by atoms with Crippen LogP contribution in [0, 0.1) is 17.3 Å². The minimum absolute atomic E-state index is 0.104. The van der Waals surface area contributed by atoms with Gasteiger partial charge < -0.3 is 28.4 Å². The second-order valence-electron chi connectivity index (χ2n) is 13.2. The van der Waals surface area contributed by atoms with Crippen molar-refractivity contribution in [1.29, 1.82) is 0 Å². The van der Waals surface area contributed by atoms with Crippen LogP contribution < -0.4 is 0 Å². The molecule has 0 aromatic carbocycles. The van der Waals surface area contributed by atoms with Crippen molar-refractivity contribution in [3.05, 3.63) is 36.0 Å². The molecule has 270 valence electrons. The van der Waals surface area contributed by atoms with E-state index >= 15 is 0 Å². The Balaban J connectivity index is 3.23. The summed E-state index contributed by atoms with van der Waals surface area (Å²) in [5.41, 5.74) is -6.04. The lowest BCUT2D eigenvalue weighted by Crippen LogP contribution is -2.58. The lowest BCUT2D eigenvalue weighted by atomic mass is 9.72. The summed E-state index contributed by atoms with van der Waals surface area (Å²) >= 11 is 0. The van der Waals surface area contributed by atoms with Gasteiger partial charge in [0, 0.05) is 63.5 Å². The van der Waals surface area contributed by atoms with E-state index in [4.69, 9.17) is 28.4 Å². The maximum Gasteiger partial charge on any atom is 0.334 e. The van der Waals surface area contributed by atoms with E-state index in [1.807, 2.05) is 0 Å². The molecule has 2 aliphatic rings. The number of Topliss-reactive ketones (excluding diaryl/α,β-unsaturated/α-hetero) is 2. The van der Waals surface area contributed by atoms with E-state index in [1.54, 1.807) is 6.92 Å².